The van der Waals surface area contributed by atoms with Crippen LogP contribution in [0.4, 0.5) is 0 Å². The van der Waals surface area contributed by atoms with Crippen LogP contribution in [0.5, 0.6) is 0 Å². The monoisotopic (exact) mass is 297 g/mol. The van der Waals surface area contributed by atoms with Gasteiger partial charge in [-0.1, -0.05) is 48.8 Å². The van der Waals surface area contributed by atoms with Gasteiger partial charge in [-0.05, 0) is 49.4 Å². The van der Waals surface area contributed by atoms with E-state index >= 15 is 0 Å². The quantitative estimate of drug-likeness (QED) is 0.792. The molecule has 0 bridgehead atoms. The normalized spacial score (nSPS) is 13.1. The third-order valence-corrected chi connectivity index (χ3v) is 3.89. The van der Waals surface area contributed by atoms with Crippen LogP contribution in [-0.2, 0) is 0 Å². The van der Waals surface area contributed by atoms with Crippen molar-refractivity contribution < 1.29 is 0 Å². The maximum atomic E-state index is 3.66. The predicted molar refractivity (Wildman–Crippen MR) is 79.4 cm³/mol. The minimum atomic E-state index is 0.479. The zero-order chi connectivity index (χ0) is 12.8. The lowest BCUT2D eigenvalue weighted by molar-refractivity contribution is 0.429. The molecule has 1 atom stereocenters. The van der Waals surface area contributed by atoms with E-state index in [0.29, 0.717) is 12.0 Å². The molecule has 0 aliphatic heterocycles. The summed E-state index contributed by atoms with van der Waals surface area (Å²) in [4.78, 5) is 0. The Hall–Kier alpha value is -0.340. The van der Waals surface area contributed by atoms with Crippen molar-refractivity contribution in [1.82, 2.24) is 5.32 Å². The van der Waals surface area contributed by atoms with E-state index in [1.165, 1.54) is 28.4 Å². The average Bonchev–Trinajstić information content (AvgIpc) is 2.28. The molecule has 1 unspecified atom stereocenters. The fourth-order valence-corrected chi connectivity index (χ4v) is 2.49. The number of halogens is 1. The molecule has 0 aliphatic carbocycles. The van der Waals surface area contributed by atoms with Crippen LogP contribution in [-0.4, -0.2) is 6.54 Å². The molecular formula is C15H24BrN. The first kappa shape index (κ1) is 14.7. The van der Waals surface area contributed by atoms with E-state index in [9.17, 15) is 0 Å². The van der Waals surface area contributed by atoms with Gasteiger partial charge in [0.1, 0.15) is 0 Å². The number of benzene rings is 1. The van der Waals surface area contributed by atoms with Gasteiger partial charge in [-0.15, -0.1) is 0 Å². The van der Waals surface area contributed by atoms with Crippen molar-refractivity contribution in [3.8, 4) is 0 Å². The van der Waals surface area contributed by atoms with Gasteiger partial charge in [0.05, 0.1) is 0 Å². The minimum absolute atomic E-state index is 0.479. The van der Waals surface area contributed by atoms with Crippen molar-refractivity contribution in [3.63, 3.8) is 0 Å². The molecule has 0 saturated carbocycles. The molecule has 0 radical (unpaired) electrons. The Balaban J connectivity index is 2.90. The largest absolute Gasteiger partial charge is 0.310 e. The van der Waals surface area contributed by atoms with Gasteiger partial charge >= 0.3 is 0 Å². The Kier molecular flexibility index (Phi) is 6.21. The van der Waals surface area contributed by atoms with Crippen molar-refractivity contribution in [2.45, 2.75) is 46.6 Å². The van der Waals surface area contributed by atoms with Gasteiger partial charge in [0.2, 0.25) is 0 Å². The maximum absolute atomic E-state index is 3.66. The van der Waals surface area contributed by atoms with E-state index in [-0.39, 0.29) is 0 Å². The molecule has 1 rings (SSSR count). The highest BCUT2D eigenvalue weighted by atomic mass is 79.9. The second-order valence-corrected chi connectivity index (χ2v) is 5.94. The van der Waals surface area contributed by atoms with E-state index < -0.39 is 0 Å². The summed E-state index contributed by atoms with van der Waals surface area (Å²) in [5.74, 6) is 0.711. The van der Waals surface area contributed by atoms with Gasteiger partial charge in [0.15, 0.2) is 0 Å². The number of hydrogen-bond acceptors (Lipinski definition) is 1. The van der Waals surface area contributed by atoms with E-state index in [1.807, 2.05) is 0 Å². The summed E-state index contributed by atoms with van der Waals surface area (Å²) in [5.41, 5.74) is 2.79. The number of rotatable bonds is 6. The van der Waals surface area contributed by atoms with Crippen LogP contribution in [0.25, 0.3) is 0 Å². The first-order valence-electron chi connectivity index (χ1n) is 6.54. The van der Waals surface area contributed by atoms with Gasteiger partial charge in [0, 0.05) is 10.5 Å². The summed E-state index contributed by atoms with van der Waals surface area (Å²) in [7, 11) is 0. The molecule has 0 aromatic heterocycles. The summed E-state index contributed by atoms with van der Waals surface area (Å²) < 4.78 is 1.21. The molecule has 0 spiro atoms. The van der Waals surface area contributed by atoms with Crippen molar-refractivity contribution >= 4 is 15.9 Å². The second-order valence-electron chi connectivity index (χ2n) is 5.09. The SMILES string of the molecule is CCCNC(CC(C)C)c1cccc(Br)c1C. The highest BCUT2D eigenvalue weighted by Gasteiger charge is 2.15. The highest BCUT2D eigenvalue weighted by molar-refractivity contribution is 9.10. The standard InChI is InChI=1S/C15H24BrN/c1-5-9-17-15(10-11(2)3)13-7-6-8-14(16)12(13)4/h6-8,11,15,17H,5,9-10H2,1-4H3. The molecule has 0 fully saturated rings. The Morgan fingerprint density at radius 3 is 2.59 bits per heavy atom. The van der Waals surface area contributed by atoms with Crippen LogP contribution in [0.2, 0.25) is 0 Å². The van der Waals surface area contributed by atoms with Crippen LogP contribution < -0.4 is 5.32 Å². The van der Waals surface area contributed by atoms with Crippen molar-refractivity contribution in [3.05, 3.63) is 33.8 Å². The fourth-order valence-electron chi connectivity index (χ4n) is 2.11. The highest BCUT2D eigenvalue weighted by Crippen LogP contribution is 2.28. The van der Waals surface area contributed by atoms with Crippen LogP contribution in [0.15, 0.2) is 22.7 Å². The minimum Gasteiger partial charge on any atom is -0.310 e. The zero-order valence-electron chi connectivity index (χ0n) is 11.4. The molecule has 1 aromatic carbocycles. The van der Waals surface area contributed by atoms with Gasteiger partial charge in [-0.3, -0.25) is 0 Å². The van der Waals surface area contributed by atoms with Crippen LogP contribution >= 0.6 is 15.9 Å². The lowest BCUT2D eigenvalue weighted by atomic mass is 9.94. The maximum Gasteiger partial charge on any atom is 0.0325 e. The van der Waals surface area contributed by atoms with Gasteiger partial charge in [0.25, 0.3) is 0 Å². The van der Waals surface area contributed by atoms with Gasteiger partial charge in [-0.2, -0.15) is 0 Å². The molecule has 96 valence electrons. The molecule has 1 nitrogen and oxygen atoms in total. The summed E-state index contributed by atoms with van der Waals surface area (Å²) >= 11 is 3.62. The molecule has 0 amide bonds. The summed E-state index contributed by atoms with van der Waals surface area (Å²) in [6.07, 6.45) is 2.37. The van der Waals surface area contributed by atoms with Gasteiger partial charge in [-0.25, -0.2) is 0 Å². The fraction of sp³-hybridized carbons (Fsp3) is 0.600. The van der Waals surface area contributed by atoms with Crippen LogP contribution in [0.3, 0.4) is 0 Å². The molecule has 2 heteroatoms. The average molecular weight is 298 g/mol. The van der Waals surface area contributed by atoms with Crippen molar-refractivity contribution in [2.24, 2.45) is 5.92 Å². The van der Waals surface area contributed by atoms with Crippen molar-refractivity contribution in [1.29, 1.82) is 0 Å². The third kappa shape index (κ3) is 4.44. The second kappa shape index (κ2) is 7.17. The first-order valence-corrected chi connectivity index (χ1v) is 7.34. The molecule has 17 heavy (non-hydrogen) atoms. The molecule has 0 saturated heterocycles. The summed E-state index contributed by atoms with van der Waals surface area (Å²) in [6.45, 7) is 10.1. The number of nitrogens with one attached hydrogen (secondary N) is 1. The van der Waals surface area contributed by atoms with Crippen LogP contribution in [0, 0.1) is 12.8 Å². The smallest absolute Gasteiger partial charge is 0.0325 e. The molecule has 0 heterocycles. The lowest BCUT2D eigenvalue weighted by Gasteiger charge is -2.23. The Morgan fingerprint density at radius 2 is 2.00 bits per heavy atom. The van der Waals surface area contributed by atoms with Crippen LogP contribution in [0.1, 0.15) is 50.8 Å². The van der Waals surface area contributed by atoms with E-state index in [1.54, 1.807) is 0 Å². The molecule has 0 aliphatic rings. The predicted octanol–water partition coefficient (Wildman–Crippen LogP) is 4.84. The van der Waals surface area contributed by atoms with Crippen molar-refractivity contribution in [2.75, 3.05) is 6.54 Å². The Morgan fingerprint density at radius 1 is 1.29 bits per heavy atom. The summed E-state index contributed by atoms with van der Waals surface area (Å²) in [5, 5.41) is 3.66. The lowest BCUT2D eigenvalue weighted by Crippen LogP contribution is -2.24. The first-order chi connectivity index (χ1) is 8.06. The zero-order valence-corrected chi connectivity index (χ0v) is 13.0. The number of hydrogen-bond donors (Lipinski definition) is 1. The van der Waals surface area contributed by atoms with E-state index in [0.717, 1.165) is 6.54 Å². The molecular weight excluding hydrogens is 274 g/mol. The Labute approximate surface area is 114 Å². The Bertz CT molecular complexity index is 347. The van der Waals surface area contributed by atoms with E-state index in [4.69, 9.17) is 0 Å². The van der Waals surface area contributed by atoms with Gasteiger partial charge < -0.3 is 5.32 Å². The third-order valence-electron chi connectivity index (χ3n) is 3.03. The molecule has 1 aromatic rings. The topological polar surface area (TPSA) is 12.0 Å². The molecule has 1 N–H and O–H groups in total. The van der Waals surface area contributed by atoms with E-state index in [2.05, 4.69) is 67.1 Å². The summed E-state index contributed by atoms with van der Waals surface area (Å²) in [6, 6.07) is 6.97.